The third-order valence-corrected chi connectivity index (χ3v) is 7.62. The van der Waals surface area contributed by atoms with Crippen LogP contribution in [0.15, 0.2) is 66.0 Å². The van der Waals surface area contributed by atoms with Crippen LogP contribution >= 0.6 is 11.3 Å². The van der Waals surface area contributed by atoms with Crippen LogP contribution in [0, 0.1) is 5.92 Å². The summed E-state index contributed by atoms with van der Waals surface area (Å²) in [6.07, 6.45) is 1.31. The molecule has 2 aromatic carbocycles. The minimum Gasteiger partial charge on any atom is -0.356 e. The standard InChI is InChI=1S/C26H26N2O2S/c1-16(29)28-23(24-11-6-12-31-24)14-25(30)27-15-17-13-22-18-7-2-4-9-20(18)26(17)21-10-5-3-8-19(21)22/h2-12,17,22-23,26H,13-15H2,1H3,(H,27,30)(H,28,29). The number of thiophene rings is 1. The Morgan fingerprint density at radius 3 is 2.19 bits per heavy atom. The van der Waals surface area contributed by atoms with Gasteiger partial charge in [0, 0.05) is 30.2 Å². The van der Waals surface area contributed by atoms with Crippen molar-refractivity contribution >= 4 is 23.2 Å². The summed E-state index contributed by atoms with van der Waals surface area (Å²) in [6, 6.07) is 21.2. The maximum absolute atomic E-state index is 12.8. The topological polar surface area (TPSA) is 58.2 Å². The third-order valence-electron chi connectivity index (χ3n) is 6.64. The molecule has 31 heavy (non-hydrogen) atoms. The highest BCUT2D eigenvalue weighted by Crippen LogP contribution is 2.55. The van der Waals surface area contributed by atoms with Gasteiger partial charge in [0.2, 0.25) is 11.8 Å². The predicted octanol–water partition coefficient (Wildman–Crippen LogP) is 4.73. The Morgan fingerprint density at radius 1 is 0.968 bits per heavy atom. The molecule has 3 aliphatic carbocycles. The van der Waals surface area contributed by atoms with Crippen molar-refractivity contribution in [1.82, 2.24) is 10.6 Å². The van der Waals surface area contributed by atoms with E-state index < -0.39 is 0 Å². The van der Waals surface area contributed by atoms with Gasteiger partial charge in [0.25, 0.3) is 0 Å². The average Bonchev–Trinajstić information content (AvgIpc) is 3.32. The first kappa shape index (κ1) is 20.0. The second-order valence-corrected chi connectivity index (χ2v) is 9.54. The van der Waals surface area contributed by atoms with Crippen molar-refractivity contribution in [2.75, 3.05) is 6.54 Å². The van der Waals surface area contributed by atoms with E-state index in [0.29, 0.717) is 24.3 Å². The third kappa shape index (κ3) is 3.79. The van der Waals surface area contributed by atoms with E-state index in [-0.39, 0.29) is 24.3 Å². The van der Waals surface area contributed by atoms with Gasteiger partial charge in [-0.2, -0.15) is 0 Å². The Kier molecular flexibility index (Phi) is 5.36. The van der Waals surface area contributed by atoms with Crippen molar-refractivity contribution in [3.05, 3.63) is 93.2 Å². The highest BCUT2D eigenvalue weighted by atomic mass is 32.1. The van der Waals surface area contributed by atoms with Gasteiger partial charge in [-0.05, 0) is 46.0 Å². The molecule has 3 aliphatic rings. The molecule has 0 fully saturated rings. The zero-order valence-corrected chi connectivity index (χ0v) is 18.3. The number of fused-ring (bicyclic) bond motifs is 1. The highest BCUT2D eigenvalue weighted by molar-refractivity contribution is 7.10. The molecule has 1 heterocycles. The van der Waals surface area contributed by atoms with Gasteiger partial charge in [-0.1, -0.05) is 54.6 Å². The molecule has 0 spiro atoms. The van der Waals surface area contributed by atoms with E-state index in [4.69, 9.17) is 0 Å². The summed E-state index contributed by atoms with van der Waals surface area (Å²) in [5.74, 6) is 0.956. The number of hydrogen-bond donors (Lipinski definition) is 2. The number of hydrogen-bond acceptors (Lipinski definition) is 3. The normalized spacial score (nSPS) is 21.6. The molecule has 0 aliphatic heterocycles. The lowest BCUT2D eigenvalue weighted by Crippen LogP contribution is -2.40. The van der Waals surface area contributed by atoms with E-state index in [0.717, 1.165) is 11.3 Å². The Balaban J connectivity index is 1.31. The summed E-state index contributed by atoms with van der Waals surface area (Å²) in [5.41, 5.74) is 5.70. The number of benzene rings is 2. The van der Waals surface area contributed by atoms with E-state index in [1.54, 1.807) is 11.3 Å². The summed E-state index contributed by atoms with van der Waals surface area (Å²) < 4.78 is 0. The van der Waals surface area contributed by atoms with Crippen LogP contribution in [0.5, 0.6) is 0 Å². The SMILES string of the molecule is CC(=O)NC(CC(=O)NCC1CC2c3ccccc3C1c1ccccc12)c1cccs1. The molecule has 158 valence electrons. The lowest BCUT2D eigenvalue weighted by atomic mass is 9.59. The van der Waals surface area contributed by atoms with Crippen molar-refractivity contribution in [2.24, 2.45) is 5.92 Å². The van der Waals surface area contributed by atoms with Gasteiger partial charge in [-0.25, -0.2) is 0 Å². The van der Waals surface area contributed by atoms with Crippen LogP contribution in [0.1, 0.15) is 64.8 Å². The molecule has 2 amide bonds. The predicted molar refractivity (Wildman–Crippen MR) is 123 cm³/mol. The summed E-state index contributed by atoms with van der Waals surface area (Å²) in [6.45, 7) is 2.14. The Hall–Kier alpha value is -2.92. The Labute approximate surface area is 186 Å². The van der Waals surface area contributed by atoms with Crippen LogP contribution in [0.25, 0.3) is 0 Å². The fraction of sp³-hybridized carbons (Fsp3) is 0.308. The van der Waals surface area contributed by atoms with Gasteiger partial charge in [0.05, 0.1) is 12.5 Å². The molecule has 2 atom stereocenters. The van der Waals surface area contributed by atoms with Gasteiger partial charge >= 0.3 is 0 Å². The van der Waals surface area contributed by atoms with Crippen LogP contribution in [0.3, 0.4) is 0 Å². The molecule has 0 saturated carbocycles. The maximum Gasteiger partial charge on any atom is 0.222 e. The molecule has 2 bridgehead atoms. The van der Waals surface area contributed by atoms with E-state index in [2.05, 4.69) is 59.2 Å². The van der Waals surface area contributed by atoms with Crippen LogP contribution in [0.2, 0.25) is 0 Å². The number of carbonyl (C=O) groups is 2. The van der Waals surface area contributed by atoms with E-state index in [9.17, 15) is 9.59 Å². The smallest absolute Gasteiger partial charge is 0.222 e. The molecule has 2 unspecified atom stereocenters. The second-order valence-electron chi connectivity index (χ2n) is 8.56. The summed E-state index contributed by atoms with van der Waals surface area (Å²) in [5, 5.41) is 8.06. The largest absolute Gasteiger partial charge is 0.356 e. The van der Waals surface area contributed by atoms with Crippen molar-refractivity contribution in [1.29, 1.82) is 0 Å². The van der Waals surface area contributed by atoms with E-state index in [1.165, 1.54) is 29.2 Å². The first-order valence-corrected chi connectivity index (χ1v) is 11.7. The number of carbonyl (C=O) groups excluding carboxylic acids is 2. The number of rotatable bonds is 6. The highest BCUT2D eigenvalue weighted by Gasteiger charge is 2.42. The van der Waals surface area contributed by atoms with Gasteiger partial charge in [-0.15, -0.1) is 11.3 Å². The fourth-order valence-corrected chi connectivity index (χ4v) is 6.20. The maximum atomic E-state index is 12.8. The van der Waals surface area contributed by atoms with Gasteiger partial charge in [0.1, 0.15) is 0 Å². The summed E-state index contributed by atoms with van der Waals surface area (Å²) in [7, 11) is 0. The Bertz CT molecular complexity index is 1060. The molecule has 6 rings (SSSR count). The van der Waals surface area contributed by atoms with Gasteiger partial charge in [-0.3, -0.25) is 9.59 Å². The Morgan fingerprint density at radius 2 is 1.61 bits per heavy atom. The van der Waals surface area contributed by atoms with Crippen LogP contribution in [-0.2, 0) is 9.59 Å². The first-order valence-electron chi connectivity index (χ1n) is 10.9. The first-order chi connectivity index (χ1) is 15.1. The molecule has 5 heteroatoms. The molecule has 0 saturated heterocycles. The summed E-state index contributed by atoms with van der Waals surface area (Å²) in [4.78, 5) is 25.4. The van der Waals surface area contributed by atoms with Crippen LogP contribution < -0.4 is 10.6 Å². The molecule has 4 nitrogen and oxygen atoms in total. The minimum atomic E-state index is -0.276. The molecule has 3 aromatic rings. The lowest BCUT2D eigenvalue weighted by molar-refractivity contribution is -0.123. The number of nitrogens with one attached hydrogen (secondary N) is 2. The fourth-order valence-electron chi connectivity index (χ4n) is 5.42. The lowest BCUT2D eigenvalue weighted by Gasteiger charge is -2.45. The van der Waals surface area contributed by atoms with E-state index >= 15 is 0 Å². The van der Waals surface area contributed by atoms with Gasteiger partial charge in [0.15, 0.2) is 0 Å². The van der Waals surface area contributed by atoms with Crippen molar-refractivity contribution in [2.45, 2.75) is 37.6 Å². The van der Waals surface area contributed by atoms with Crippen LogP contribution in [-0.4, -0.2) is 18.4 Å². The van der Waals surface area contributed by atoms with E-state index in [1.807, 2.05) is 17.5 Å². The molecule has 1 aromatic heterocycles. The second kappa shape index (κ2) is 8.31. The van der Waals surface area contributed by atoms with Crippen molar-refractivity contribution in [3.8, 4) is 0 Å². The van der Waals surface area contributed by atoms with Crippen molar-refractivity contribution < 1.29 is 9.59 Å². The zero-order valence-electron chi connectivity index (χ0n) is 17.5. The summed E-state index contributed by atoms with van der Waals surface area (Å²) >= 11 is 1.56. The van der Waals surface area contributed by atoms with Gasteiger partial charge < -0.3 is 10.6 Å². The van der Waals surface area contributed by atoms with Crippen molar-refractivity contribution in [3.63, 3.8) is 0 Å². The minimum absolute atomic E-state index is 0.0184. The molecular formula is C26H26N2O2S. The molecular weight excluding hydrogens is 404 g/mol. The number of amides is 2. The monoisotopic (exact) mass is 430 g/mol. The quantitative estimate of drug-likeness (QED) is 0.594. The molecule has 0 radical (unpaired) electrons. The van der Waals surface area contributed by atoms with Crippen LogP contribution in [0.4, 0.5) is 0 Å². The zero-order chi connectivity index (χ0) is 21.4. The average molecular weight is 431 g/mol. The molecule has 2 N–H and O–H groups in total.